The molecule has 1 aromatic carbocycles. The lowest BCUT2D eigenvalue weighted by Crippen LogP contribution is -2.40. The summed E-state index contributed by atoms with van der Waals surface area (Å²) >= 11 is 0. The van der Waals surface area contributed by atoms with Gasteiger partial charge in [-0.25, -0.2) is 9.78 Å². The molecule has 33 heavy (non-hydrogen) atoms. The average Bonchev–Trinajstić information content (AvgIpc) is 2.72. The second-order valence-corrected chi connectivity index (χ2v) is 13.9. The quantitative estimate of drug-likeness (QED) is 0.156. The molecule has 0 atom stereocenters. The molecule has 11 nitrogen and oxygen atoms in total. The summed E-state index contributed by atoms with van der Waals surface area (Å²) in [5.41, 5.74) is 1.23. The van der Waals surface area contributed by atoms with Crippen LogP contribution in [0.3, 0.4) is 0 Å². The van der Waals surface area contributed by atoms with E-state index in [1.807, 2.05) is 0 Å². The van der Waals surface area contributed by atoms with E-state index in [4.69, 9.17) is 9.53 Å². The van der Waals surface area contributed by atoms with Gasteiger partial charge in [0.05, 0.1) is 11.5 Å². The highest BCUT2D eigenvalue weighted by Crippen LogP contribution is 2.37. The molecule has 0 aliphatic rings. The minimum Gasteiger partial charge on any atom is -0.465 e. The molecule has 2 aromatic rings. The van der Waals surface area contributed by atoms with Gasteiger partial charge in [-0.3, -0.25) is 10.1 Å². The third-order valence-electron chi connectivity index (χ3n) is 5.49. The van der Waals surface area contributed by atoms with Crippen LogP contribution in [0.25, 0.3) is 0 Å². The number of non-ortho nitro benzene ring substituents is 1. The predicted molar refractivity (Wildman–Crippen MR) is 130 cm³/mol. The Morgan fingerprint density at radius 1 is 1.27 bits per heavy atom. The molecule has 0 radical (unpaired) electrons. The maximum atomic E-state index is 11.0. The Labute approximate surface area is 194 Å². The zero-order valence-corrected chi connectivity index (χ0v) is 20.6. The van der Waals surface area contributed by atoms with Gasteiger partial charge < -0.3 is 25.5 Å². The van der Waals surface area contributed by atoms with Crippen LogP contribution in [-0.2, 0) is 11.0 Å². The van der Waals surface area contributed by atoms with Crippen molar-refractivity contribution in [2.45, 2.75) is 51.9 Å². The lowest BCUT2D eigenvalue weighted by Gasteiger charge is -2.36. The van der Waals surface area contributed by atoms with Crippen molar-refractivity contribution in [3.63, 3.8) is 0 Å². The molecular weight excluding hydrogens is 444 g/mol. The maximum Gasteiger partial charge on any atom is 0.404 e. The molecule has 0 saturated heterocycles. The van der Waals surface area contributed by atoms with E-state index in [-0.39, 0.29) is 16.7 Å². The summed E-state index contributed by atoms with van der Waals surface area (Å²) in [6, 6.07) is 6.08. The van der Waals surface area contributed by atoms with Crippen LogP contribution >= 0.6 is 0 Å². The Kier molecular flexibility index (Phi) is 8.71. The van der Waals surface area contributed by atoms with E-state index >= 15 is 0 Å². The second kappa shape index (κ2) is 11.1. The van der Waals surface area contributed by atoms with Gasteiger partial charge in [0.15, 0.2) is 8.32 Å². The van der Waals surface area contributed by atoms with Crippen LogP contribution in [0.2, 0.25) is 18.1 Å². The number of nitrogens with zero attached hydrogens (tertiary/aromatic N) is 3. The van der Waals surface area contributed by atoms with E-state index in [0.29, 0.717) is 37.6 Å². The van der Waals surface area contributed by atoms with Crippen molar-refractivity contribution in [3.8, 4) is 0 Å². The topological polar surface area (TPSA) is 152 Å². The number of hydrogen-bond acceptors (Lipinski definition) is 8. The molecule has 0 saturated carbocycles. The van der Waals surface area contributed by atoms with Crippen molar-refractivity contribution in [1.29, 1.82) is 0 Å². The first-order chi connectivity index (χ1) is 15.4. The van der Waals surface area contributed by atoms with Gasteiger partial charge in [0.1, 0.15) is 5.82 Å². The van der Waals surface area contributed by atoms with Crippen molar-refractivity contribution >= 4 is 37.6 Å². The summed E-state index contributed by atoms with van der Waals surface area (Å²) in [7, 11) is -2.00. The molecule has 2 rings (SSSR count). The number of amides is 1. The van der Waals surface area contributed by atoms with Crippen molar-refractivity contribution in [2.75, 3.05) is 23.7 Å². The predicted octanol–water partition coefficient (Wildman–Crippen LogP) is 4.72. The smallest absolute Gasteiger partial charge is 0.404 e. The van der Waals surface area contributed by atoms with E-state index in [9.17, 15) is 14.9 Å². The third-order valence-corrected chi connectivity index (χ3v) is 9.97. The van der Waals surface area contributed by atoms with E-state index in [0.717, 1.165) is 5.56 Å². The first-order valence-electron chi connectivity index (χ1n) is 10.6. The Morgan fingerprint density at radius 2 is 2.00 bits per heavy atom. The van der Waals surface area contributed by atoms with Crippen molar-refractivity contribution in [1.82, 2.24) is 15.3 Å². The molecule has 1 aromatic heterocycles. The standard InChI is InChI=1S/C21H32N6O5Si/c1-21(2,3)33(4,5)32-14-15-13-24-19(25-16-8-6-9-17(12-16)27(30)31)26-18(15)22-10-7-11-23-20(28)29/h6,8-9,12-13,23H,7,10-11,14H2,1-5H3,(H,28,29)(H2,22,24,25,26). The number of carbonyl (C=O) groups is 1. The van der Waals surface area contributed by atoms with E-state index in [2.05, 4.69) is 59.8 Å². The Hall–Kier alpha value is -3.25. The highest BCUT2D eigenvalue weighted by Gasteiger charge is 2.37. The molecule has 1 amide bonds. The summed E-state index contributed by atoms with van der Waals surface area (Å²) in [5.74, 6) is 0.838. The van der Waals surface area contributed by atoms with E-state index < -0.39 is 19.3 Å². The van der Waals surface area contributed by atoms with Crippen LogP contribution in [0, 0.1) is 10.1 Å². The lowest BCUT2D eigenvalue weighted by molar-refractivity contribution is -0.384. The Balaban J connectivity index is 2.19. The first-order valence-corrected chi connectivity index (χ1v) is 13.5. The fourth-order valence-corrected chi connectivity index (χ4v) is 3.47. The normalized spacial score (nSPS) is 11.7. The average molecular weight is 477 g/mol. The van der Waals surface area contributed by atoms with E-state index in [1.54, 1.807) is 18.3 Å². The monoisotopic (exact) mass is 476 g/mol. The number of nitro groups is 1. The van der Waals surface area contributed by atoms with Gasteiger partial charge in [0, 0.05) is 42.7 Å². The van der Waals surface area contributed by atoms with Gasteiger partial charge in [-0.05, 0) is 30.6 Å². The summed E-state index contributed by atoms with van der Waals surface area (Å²) in [6.07, 6.45) is 1.16. The highest BCUT2D eigenvalue weighted by molar-refractivity contribution is 6.74. The Bertz CT molecular complexity index is 980. The zero-order valence-electron chi connectivity index (χ0n) is 19.6. The molecule has 180 valence electrons. The van der Waals surface area contributed by atoms with Crippen LogP contribution in [0.1, 0.15) is 32.8 Å². The van der Waals surface area contributed by atoms with Gasteiger partial charge in [0.2, 0.25) is 5.95 Å². The molecule has 12 heteroatoms. The molecule has 0 aliphatic heterocycles. The molecule has 0 bridgehead atoms. The van der Waals surface area contributed by atoms with Crippen LogP contribution in [0.15, 0.2) is 30.5 Å². The number of hydrogen-bond donors (Lipinski definition) is 4. The fourth-order valence-electron chi connectivity index (χ4n) is 2.52. The van der Waals surface area contributed by atoms with Gasteiger partial charge >= 0.3 is 6.09 Å². The van der Waals surface area contributed by atoms with Gasteiger partial charge in [0.25, 0.3) is 5.69 Å². The van der Waals surface area contributed by atoms with Crippen LogP contribution in [-0.4, -0.2) is 47.5 Å². The maximum absolute atomic E-state index is 11.0. The van der Waals surface area contributed by atoms with Crippen molar-refractivity contribution in [2.24, 2.45) is 0 Å². The molecule has 1 heterocycles. The molecule has 0 aliphatic carbocycles. The molecule has 0 unspecified atom stereocenters. The largest absolute Gasteiger partial charge is 0.465 e. The third kappa shape index (κ3) is 7.99. The summed E-state index contributed by atoms with van der Waals surface area (Å²) < 4.78 is 6.31. The van der Waals surface area contributed by atoms with Gasteiger partial charge in [-0.15, -0.1) is 0 Å². The van der Waals surface area contributed by atoms with E-state index in [1.165, 1.54) is 12.1 Å². The number of aromatic nitrogens is 2. The first kappa shape index (κ1) is 26.0. The minimum absolute atomic E-state index is 0.0383. The summed E-state index contributed by atoms with van der Waals surface area (Å²) in [6.45, 7) is 11.9. The minimum atomic E-state index is -2.00. The lowest BCUT2D eigenvalue weighted by atomic mass is 10.2. The number of nitro benzene ring substituents is 1. The number of nitrogens with one attached hydrogen (secondary N) is 3. The van der Waals surface area contributed by atoms with Crippen LogP contribution in [0.5, 0.6) is 0 Å². The van der Waals surface area contributed by atoms with Gasteiger partial charge in [-0.2, -0.15) is 4.98 Å². The zero-order chi connectivity index (χ0) is 24.6. The van der Waals surface area contributed by atoms with Crippen LogP contribution in [0.4, 0.5) is 27.9 Å². The number of anilines is 3. The molecule has 0 fully saturated rings. The van der Waals surface area contributed by atoms with Crippen LogP contribution < -0.4 is 16.0 Å². The molecule has 0 spiro atoms. The molecule has 4 N–H and O–H groups in total. The number of rotatable bonds is 11. The van der Waals surface area contributed by atoms with Crippen molar-refractivity contribution in [3.05, 3.63) is 46.1 Å². The fraction of sp³-hybridized carbons (Fsp3) is 0.476. The summed E-state index contributed by atoms with van der Waals surface area (Å²) in [5, 5.41) is 28.3. The number of carboxylic acid groups (broad SMARTS) is 1. The second-order valence-electron chi connectivity index (χ2n) is 9.06. The summed E-state index contributed by atoms with van der Waals surface area (Å²) in [4.78, 5) is 30.1. The highest BCUT2D eigenvalue weighted by atomic mass is 28.4. The SMILES string of the molecule is CC(C)(C)[Si](C)(C)OCc1cnc(Nc2cccc([N+](=O)[O-])c2)nc1NCCCNC(=O)O. The molecular formula is C21H32N6O5Si. The Morgan fingerprint density at radius 3 is 2.64 bits per heavy atom. The number of benzene rings is 1. The van der Waals surface area contributed by atoms with Crippen molar-refractivity contribution < 1.29 is 19.3 Å². The van der Waals surface area contributed by atoms with Gasteiger partial charge in [-0.1, -0.05) is 26.8 Å².